The second kappa shape index (κ2) is 6.22. The van der Waals surface area contributed by atoms with E-state index in [-0.39, 0.29) is 6.54 Å². The molecule has 16 heavy (non-hydrogen) atoms. The highest BCUT2D eigenvalue weighted by Crippen LogP contribution is 2.20. The van der Waals surface area contributed by atoms with Crippen molar-refractivity contribution in [3.05, 3.63) is 34.1 Å². The van der Waals surface area contributed by atoms with E-state index in [0.717, 1.165) is 0 Å². The van der Waals surface area contributed by atoms with E-state index >= 15 is 0 Å². The molecule has 2 nitrogen and oxygen atoms in total. The molecule has 0 saturated carbocycles. The summed E-state index contributed by atoms with van der Waals surface area (Å²) in [6, 6.07) is 3.98. The summed E-state index contributed by atoms with van der Waals surface area (Å²) in [4.78, 5) is 0. The van der Waals surface area contributed by atoms with Gasteiger partial charge in [0.2, 0.25) is 0 Å². The highest BCUT2D eigenvalue weighted by molar-refractivity contribution is 9.10. The van der Waals surface area contributed by atoms with E-state index in [4.69, 9.17) is 5.73 Å². The van der Waals surface area contributed by atoms with Crippen LogP contribution in [0.4, 0.5) is 13.2 Å². The van der Waals surface area contributed by atoms with E-state index in [1.807, 2.05) is 0 Å². The maximum atomic E-state index is 13.2. The van der Waals surface area contributed by atoms with Gasteiger partial charge in [0.1, 0.15) is 5.82 Å². The van der Waals surface area contributed by atoms with Gasteiger partial charge in [-0.2, -0.15) is 0 Å². The lowest BCUT2D eigenvalue weighted by atomic mass is 10.1. The summed E-state index contributed by atoms with van der Waals surface area (Å²) < 4.78 is 37.6. The summed E-state index contributed by atoms with van der Waals surface area (Å²) >= 11 is 3.02. The minimum Gasteiger partial charge on any atom is -0.329 e. The van der Waals surface area contributed by atoms with Gasteiger partial charge in [0, 0.05) is 12.6 Å². The van der Waals surface area contributed by atoms with Gasteiger partial charge in [-0.15, -0.1) is 0 Å². The normalized spacial score (nSPS) is 13.1. The van der Waals surface area contributed by atoms with E-state index in [2.05, 4.69) is 21.2 Å². The molecule has 1 rings (SSSR count). The van der Waals surface area contributed by atoms with Gasteiger partial charge in [0.15, 0.2) is 0 Å². The van der Waals surface area contributed by atoms with E-state index < -0.39 is 24.8 Å². The first-order valence-electron chi connectivity index (χ1n) is 4.71. The molecule has 90 valence electrons. The third kappa shape index (κ3) is 3.77. The lowest BCUT2D eigenvalue weighted by Gasteiger charge is -2.17. The minimum absolute atomic E-state index is 0.133. The third-order valence-electron chi connectivity index (χ3n) is 2.10. The van der Waals surface area contributed by atoms with Crippen molar-refractivity contribution in [2.75, 3.05) is 13.1 Å². The largest absolute Gasteiger partial charge is 0.329 e. The van der Waals surface area contributed by atoms with Crippen LogP contribution in [-0.2, 0) is 0 Å². The van der Waals surface area contributed by atoms with Crippen molar-refractivity contribution in [1.82, 2.24) is 5.32 Å². The van der Waals surface area contributed by atoms with Gasteiger partial charge in [0.05, 0.1) is 11.0 Å². The molecule has 0 saturated heterocycles. The Morgan fingerprint density at radius 3 is 2.56 bits per heavy atom. The number of alkyl halides is 2. The molecule has 0 aliphatic rings. The third-order valence-corrected chi connectivity index (χ3v) is 2.74. The SMILES string of the molecule is NCC(NCC(F)F)c1ccc(Br)c(F)c1. The molecular formula is C10H12BrF3N2. The van der Waals surface area contributed by atoms with Crippen LogP contribution < -0.4 is 11.1 Å². The summed E-state index contributed by atoms with van der Waals surface area (Å²) in [5, 5.41) is 2.57. The van der Waals surface area contributed by atoms with Gasteiger partial charge in [-0.1, -0.05) is 6.07 Å². The molecule has 0 aromatic heterocycles. The summed E-state index contributed by atoms with van der Waals surface area (Å²) in [5.41, 5.74) is 6.00. The fourth-order valence-electron chi connectivity index (χ4n) is 1.30. The number of nitrogens with one attached hydrogen (secondary N) is 1. The molecule has 1 unspecified atom stereocenters. The fraction of sp³-hybridized carbons (Fsp3) is 0.400. The van der Waals surface area contributed by atoms with Crippen LogP contribution in [0.3, 0.4) is 0 Å². The average Bonchev–Trinajstić information content (AvgIpc) is 2.23. The Morgan fingerprint density at radius 1 is 1.38 bits per heavy atom. The zero-order valence-electron chi connectivity index (χ0n) is 8.39. The molecule has 6 heteroatoms. The molecule has 0 fully saturated rings. The standard InChI is InChI=1S/C10H12BrF3N2/c11-7-2-1-6(3-8(7)12)9(4-15)16-5-10(13)14/h1-3,9-10,16H,4-5,15H2. The van der Waals surface area contributed by atoms with Crippen LogP contribution in [0.2, 0.25) is 0 Å². The van der Waals surface area contributed by atoms with Gasteiger partial charge < -0.3 is 11.1 Å². The van der Waals surface area contributed by atoms with E-state index in [9.17, 15) is 13.2 Å². The zero-order valence-corrected chi connectivity index (χ0v) is 9.98. The molecule has 0 spiro atoms. The van der Waals surface area contributed by atoms with Crippen molar-refractivity contribution >= 4 is 15.9 Å². The number of benzene rings is 1. The van der Waals surface area contributed by atoms with Gasteiger partial charge >= 0.3 is 0 Å². The Bertz CT molecular complexity index is 347. The highest BCUT2D eigenvalue weighted by atomic mass is 79.9. The van der Waals surface area contributed by atoms with Crippen LogP contribution in [0.1, 0.15) is 11.6 Å². The van der Waals surface area contributed by atoms with E-state index in [0.29, 0.717) is 10.0 Å². The molecule has 0 bridgehead atoms. The maximum absolute atomic E-state index is 13.2. The molecule has 1 aromatic carbocycles. The molecule has 3 N–H and O–H groups in total. The van der Waals surface area contributed by atoms with Gasteiger partial charge in [-0.05, 0) is 33.6 Å². The van der Waals surface area contributed by atoms with Crippen LogP contribution in [0, 0.1) is 5.82 Å². The minimum atomic E-state index is -2.45. The van der Waals surface area contributed by atoms with Crippen LogP contribution in [0.15, 0.2) is 22.7 Å². The second-order valence-electron chi connectivity index (χ2n) is 3.26. The molecular weight excluding hydrogens is 285 g/mol. The lowest BCUT2D eigenvalue weighted by Crippen LogP contribution is -2.31. The summed E-state index contributed by atoms with van der Waals surface area (Å²) in [5.74, 6) is -0.435. The summed E-state index contributed by atoms with van der Waals surface area (Å²) in [6.07, 6.45) is -2.45. The van der Waals surface area contributed by atoms with Crippen molar-refractivity contribution in [3.63, 3.8) is 0 Å². The van der Waals surface area contributed by atoms with Crippen LogP contribution in [0.25, 0.3) is 0 Å². The Hall–Kier alpha value is -0.590. The van der Waals surface area contributed by atoms with E-state index in [1.54, 1.807) is 6.07 Å². The topological polar surface area (TPSA) is 38.0 Å². The van der Waals surface area contributed by atoms with Crippen molar-refractivity contribution < 1.29 is 13.2 Å². The predicted octanol–water partition coefficient (Wildman–Crippen LogP) is 2.44. The number of hydrogen-bond acceptors (Lipinski definition) is 2. The van der Waals surface area contributed by atoms with Crippen LogP contribution in [0.5, 0.6) is 0 Å². The van der Waals surface area contributed by atoms with Gasteiger partial charge in [-0.3, -0.25) is 0 Å². The molecule has 0 aliphatic carbocycles. The van der Waals surface area contributed by atoms with Crippen molar-refractivity contribution in [2.24, 2.45) is 5.73 Å². The van der Waals surface area contributed by atoms with Gasteiger partial charge in [0.25, 0.3) is 6.43 Å². The molecule has 0 heterocycles. The lowest BCUT2D eigenvalue weighted by molar-refractivity contribution is 0.141. The number of hydrogen-bond donors (Lipinski definition) is 2. The fourth-order valence-corrected chi connectivity index (χ4v) is 1.54. The van der Waals surface area contributed by atoms with Crippen molar-refractivity contribution in [2.45, 2.75) is 12.5 Å². The van der Waals surface area contributed by atoms with E-state index in [1.165, 1.54) is 12.1 Å². The van der Waals surface area contributed by atoms with Crippen molar-refractivity contribution in [3.8, 4) is 0 Å². The number of halogens is 4. The Labute approximate surface area is 100 Å². The number of nitrogens with two attached hydrogens (primary N) is 1. The Balaban J connectivity index is 2.74. The second-order valence-corrected chi connectivity index (χ2v) is 4.12. The first-order valence-corrected chi connectivity index (χ1v) is 5.50. The molecule has 1 aromatic rings. The number of rotatable bonds is 5. The van der Waals surface area contributed by atoms with Crippen LogP contribution >= 0.6 is 15.9 Å². The maximum Gasteiger partial charge on any atom is 0.250 e. The Kier molecular flexibility index (Phi) is 5.24. The smallest absolute Gasteiger partial charge is 0.250 e. The molecule has 0 amide bonds. The summed E-state index contributed by atoms with van der Waals surface area (Å²) in [6.45, 7) is -0.326. The van der Waals surface area contributed by atoms with Crippen molar-refractivity contribution in [1.29, 1.82) is 0 Å². The molecule has 1 atom stereocenters. The highest BCUT2D eigenvalue weighted by Gasteiger charge is 2.13. The predicted molar refractivity (Wildman–Crippen MR) is 59.9 cm³/mol. The molecule has 0 aliphatic heterocycles. The zero-order chi connectivity index (χ0) is 12.1. The first-order chi connectivity index (χ1) is 7.54. The van der Waals surface area contributed by atoms with Crippen LogP contribution in [-0.4, -0.2) is 19.5 Å². The Morgan fingerprint density at radius 2 is 2.06 bits per heavy atom. The average molecular weight is 297 g/mol. The quantitative estimate of drug-likeness (QED) is 0.876. The molecule has 0 radical (unpaired) electrons. The first kappa shape index (κ1) is 13.5. The van der Waals surface area contributed by atoms with Gasteiger partial charge in [-0.25, -0.2) is 13.2 Å². The monoisotopic (exact) mass is 296 g/mol. The summed E-state index contributed by atoms with van der Waals surface area (Å²) in [7, 11) is 0.